The van der Waals surface area contributed by atoms with Crippen LogP contribution in [0.2, 0.25) is 0 Å². The molecule has 70 heavy (non-hydrogen) atoms. The Morgan fingerprint density at radius 2 is 1.50 bits per heavy atom. The zero-order valence-corrected chi connectivity index (χ0v) is 40.0. The normalized spacial score (nSPS) is 15.9. The van der Waals surface area contributed by atoms with E-state index in [0.29, 0.717) is 43.4 Å². The molecule has 7 atom stereocenters. The monoisotopic (exact) mass is 966 g/mol. The summed E-state index contributed by atoms with van der Waals surface area (Å²) in [7, 11) is 0. The topological polar surface area (TPSA) is 335 Å². The van der Waals surface area contributed by atoms with E-state index >= 15 is 0 Å². The Morgan fingerprint density at radius 1 is 0.786 bits per heavy atom. The van der Waals surface area contributed by atoms with Gasteiger partial charge in [-0.1, -0.05) is 68.3 Å². The molecule has 1 aliphatic rings. The molecule has 0 spiro atoms. The number of imidazole rings is 1. The van der Waals surface area contributed by atoms with Crippen molar-refractivity contribution in [2.75, 3.05) is 13.1 Å². The van der Waals surface area contributed by atoms with Gasteiger partial charge in [-0.2, -0.15) is 0 Å². The number of aliphatic imine (C=N–C) groups is 1. The third-order valence-electron chi connectivity index (χ3n) is 12.3. The number of aromatic nitrogens is 3. The molecule has 1 aliphatic heterocycles. The van der Waals surface area contributed by atoms with Crippen LogP contribution in [0.4, 0.5) is 0 Å². The van der Waals surface area contributed by atoms with Crippen molar-refractivity contribution in [2.24, 2.45) is 28.1 Å². The third-order valence-corrected chi connectivity index (χ3v) is 12.3. The minimum Gasteiger partial charge on any atom is -0.370 e. The minimum absolute atomic E-state index is 0.0273. The van der Waals surface area contributed by atoms with Crippen LogP contribution in [0, 0.1) is 5.92 Å². The summed E-state index contributed by atoms with van der Waals surface area (Å²) in [5.74, 6) is -5.78. The van der Waals surface area contributed by atoms with Crippen molar-refractivity contribution in [3.05, 3.63) is 90.1 Å². The molecule has 2 aromatic heterocycles. The second kappa shape index (κ2) is 26.3. The highest BCUT2D eigenvalue weighted by molar-refractivity contribution is 5.98. The van der Waals surface area contributed by atoms with Crippen molar-refractivity contribution < 1.29 is 38.4 Å². The quantitative estimate of drug-likeness (QED) is 0.0225. The first-order valence-electron chi connectivity index (χ1n) is 23.8. The number of nitrogens with zero attached hydrogens (tertiary/aromatic N) is 3. The number of Topliss-reactive ketones (excluding diaryl/α,β-unsaturated/α-hetero) is 1. The number of likely N-dealkylation sites (tertiary alicyclic amines) is 1. The number of carbonyl (C=O) groups is 8. The smallest absolute Gasteiger partial charge is 0.243 e. The van der Waals surface area contributed by atoms with Crippen LogP contribution < -0.4 is 43.8 Å². The Morgan fingerprint density at radius 3 is 2.19 bits per heavy atom. The number of hydrogen-bond donors (Lipinski definition) is 10. The molecule has 0 saturated carbocycles. The van der Waals surface area contributed by atoms with Gasteiger partial charge in [0.2, 0.25) is 41.4 Å². The third kappa shape index (κ3) is 15.7. The number of carbonyl (C=O) groups excluding carboxylic acids is 8. The van der Waals surface area contributed by atoms with Crippen LogP contribution in [-0.2, 0) is 57.6 Å². The number of H-pyrrole nitrogens is 2. The Bertz CT molecular complexity index is 2450. The summed E-state index contributed by atoms with van der Waals surface area (Å²) in [6.07, 6.45) is 7.40. The van der Waals surface area contributed by atoms with Crippen LogP contribution in [0.1, 0.15) is 89.0 Å². The first kappa shape index (κ1) is 53.4. The average Bonchev–Trinajstić information content (AvgIpc) is 4.13. The number of amides is 7. The van der Waals surface area contributed by atoms with Crippen LogP contribution >= 0.6 is 0 Å². The highest BCUT2D eigenvalue weighted by Gasteiger charge is 2.40. The van der Waals surface area contributed by atoms with Crippen molar-refractivity contribution in [3.63, 3.8) is 0 Å². The first-order chi connectivity index (χ1) is 33.5. The second-order valence-corrected chi connectivity index (χ2v) is 17.8. The van der Waals surface area contributed by atoms with Crippen molar-refractivity contribution in [3.8, 4) is 0 Å². The van der Waals surface area contributed by atoms with E-state index in [1.54, 1.807) is 36.5 Å². The SMILES string of the molecule is CCCC[C@H](NC(C)=O)C(=O)N[C@@H](C)C(=O)N[C@@H](Cc1cnc[nH]1)C(=O)N[C@H](Cc1ccccc1)C(=O)C[C@@H](CCCN=C(N)N)C(=O)N1CCC[C@@H]1C(=O)N[C@H](Cc1c[nH]c2ccccc12)C(N)=O. The summed E-state index contributed by atoms with van der Waals surface area (Å²) in [6, 6.07) is 9.97. The number of aromatic amines is 2. The van der Waals surface area contributed by atoms with Crippen LogP contribution in [0.15, 0.2) is 78.3 Å². The molecule has 21 nitrogen and oxygen atoms in total. The molecule has 4 aromatic rings. The number of guanidine groups is 1. The van der Waals surface area contributed by atoms with E-state index in [9.17, 15) is 38.4 Å². The van der Waals surface area contributed by atoms with Gasteiger partial charge in [-0.05, 0) is 62.6 Å². The molecule has 1 fully saturated rings. The maximum Gasteiger partial charge on any atom is 0.243 e. The van der Waals surface area contributed by atoms with E-state index in [0.717, 1.165) is 22.9 Å². The zero-order valence-electron chi connectivity index (χ0n) is 40.0. The Balaban J connectivity index is 1.35. The van der Waals surface area contributed by atoms with Gasteiger partial charge in [0.05, 0.1) is 12.4 Å². The molecule has 13 N–H and O–H groups in total. The number of ketones is 1. The molecule has 0 aliphatic carbocycles. The highest BCUT2D eigenvalue weighted by atomic mass is 16.2. The van der Waals surface area contributed by atoms with E-state index in [2.05, 4.69) is 46.5 Å². The van der Waals surface area contributed by atoms with Gasteiger partial charge < -0.3 is 58.7 Å². The summed E-state index contributed by atoms with van der Waals surface area (Å²) in [4.78, 5) is 125. The molecule has 0 unspecified atom stereocenters. The molecule has 0 radical (unpaired) electrons. The van der Waals surface area contributed by atoms with E-state index in [-0.39, 0.29) is 51.2 Å². The number of fused-ring (bicyclic) bond motifs is 1. The number of unbranched alkanes of at least 4 members (excludes halogenated alkanes) is 1. The van der Waals surface area contributed by atoms with Gasteiger partial charge in [0.25, 0.3) is 0 Å². The zero-order chi connectivity index (χ0) is 50.7. The molecule has 5 rings (SSSR count). The summed E-state index contributed by atoms with van der Waals surface area (Å²) in [5, 5.41) is 14.5. The molecule has 3 heterocycles. The van der Waals surface area contributed by atoms with Crippen LogP contribution in [0.25, 0.3) is 10.9 Å². The lowest BCUT2D eigenvalue weighted by Gasteiger charge is -2.30. The molecule has 2 aromatic carbocycles. The molecule has 1 saturated heterocycles. The Kier molecular flexibility index (Phi) is 20.0. The van der Waals surface area contributed by atoms with E-state index < -0.39 is 89.3 Å². The van der Waals surface area contributed by atoms with Gasteiger partial charge in [0.15, 0.2) is 11.7 Å². The van der Waals surface area contributed by atoms with E-state index in [1.165, 1.54) is 31.3 Å². The predicted octanol–water partition coefficient (Wildman–Crippen LogP) is 0.678. The number of hydrogen-bond acceptors (Lipinski definition) is 10. The Labute approximate surface area is 406 Å². The lowest BCUT2D eigenvalue weighted by Crippen LogP contribution is -2.57. The maximum atomic E-state index is 14.7. The number of rotatable bonds is 27. The number of nitrogens with two attached hydrogens (primary N) is 3. The van der Waals surface area contributed by atoms with E-state index in [1.807, 2.05) is 31.2 Å². The van der Waals surface area contributed by atoms with Gasteiger partial charge in [0.1, 0.15) is 30.2 Å². The lowest BCUT2D eigenvalue weighted by molar-refractivity contribution is -0.144. The van der Waals surface area contributed by atoms with Gasteiger partial charge in [-0.3, -0.25) is 43.3 Å². The van der Waals surface area contributed by atoms with Gasteiger partial charge >= 0.3 is 0 Å². The van der Waals surface area contributed by atoms with E-state index in [4.69, 9.17) is 17.2 Å². The Hall–Kier alpha value is -7.58. The standard InChI is InChI=1S/C49H67N13O8/c1-4-5-17-37(58-30(3)63)45(67)57-29(2)44(66)61-40(25-34-27-53-28-56-34)46(68)59-38(22-31-13-7-6-8-14-31)42(64)24-32(15-11-20-54-49(51)52)48(70)62-21-12-19-41(62)47(69)60-39(43(50)65)23-33-26-55-36-18-10-9-16-35(33)36/h6-10,13-14,16,18,26-29,32,37-41,55H,4-5,11-12,15,17,19-25H2,1-3H3,(H2,50,65)(H,53,56)(H,57,67)(H,58,63)(H,59,68)(H,60,69)(H,61,66)(H4,51,52,54)/t29-,32+,37-,38+,39+,40-,41+/m0/s1. The van der Waals surface area contributed by atoms with Gasteiger partial charge in [0, 0.05) is 74.2 Å². The first-order valence-corrected chi connectivity index (χ1v) is 23.8. The molecule has 0 bridgehead atoms. The van der Waals surface area contributed by atoms with Gasteiger partial charge in [-0.15, -0.1) is 0 Å². The highest BCUT2D eigenvalue weighted by Crippen LogP contribution is 2.26. The van der Waals surface area contributed by atoms with Crippen molar-refractivity contribution in [1.29, 1.82) is 0 Å². The summed E-state index contributed by atoms with van der Waals surface area (Å²) < 4.78 is 0. The fourth-order valence-electron chi connectivity index (χ4n) is 8.58. The molecule has 376 valence electrons. The van der Waals surface area contributed by atoms with Crippen molar-refractivity contribution in [2.45, 2.75) is 128 Å². The largest absolute Gasteiger partial charge is 0.370 e. The van der Waals surface area contributed by atoms with Gasteiger partial charge in [-0.25, -0.2) is 4.98 Å². The maximum absolute atomic E-state index is 14.7. The fourth-order valence-corrected chi connectivity index (χ4v) is 8.58. The van der Waals surface area contributed by atoms with Crippen LogP contribution in [0.5, 0.6) is 0 Å². The summed E-state index contributed by atoms with van der Waals surface area (Å²) in [5.41, 5.74) is 19.8. The second-order valence-electron chi connectivity index (χ2n) is 17.8. The predicted molar refractivity (Wildman–Crippen MR) is 262 cm³/mol. The lowest BCUT2D eigenvalue weighted by atomic mass is 9.90. The van der Waals surface area contributed by atoms with Crippen molar-refractivity contribution in [1.82, 2.24) is 46.4 Å². The van der Waals surface area contributed by atoms with Crippen LogP contribution in [-0.4, -0.2) is 122 Å². The number of para-hydroxylation sites is 1. The number of primary amides is 1. The molecular weight excluding hydrogens is 899 g/mol. The van der Waals surface area contributed by atoms with Crippen LogP contribution in [0.3, 0.4) is 0 Å². The van der Waals surface area contributed by atoms with Crippen molar-refractivity contribution >= 4 is 64.0 Å². The summed E-state index contributed by atoms with van der Waals surface area (Å²) >= 11 is 0. The molecular formula is C49H67N13O8. The molecule has 7 amide bonds. The number of nitrogens with one attached hydrogen (secondary N) is 7. The average molecular weight is 966 g/mol. The number of benzene rings is 2. The minimum atomic E-state index is -1.27. The molecule has 21 heteroatoms. The summed E-state index contributed by atoms with van der Waals surface area (Å²) in [6.45, 7) is 5.06. The fraction of sp³-hybridized carbons (Fsp3) is 0.469.